The predicted molar refractivity (Wildman–Crippen MR) is 46.1 cm³/mol. The average molecular weight is 194 g/mol. The van der Waals surface area contributed by atoms with Crippen LogP contribution in [0.4, 0.5) is 0 Å². The van der Waals surface area contributed by atoms with Gasteiger partial charge in [-0.15, -0.1) is 0 Å². The molecule has 0 aliphatic heterocycles. The highest BCUT2D eigenvalue weighted by Gasteiger charge is 2.14. The number of carbonyl (C=O) groups is 1. The molecule has 12 heavy (non-hydrogen) atoms. The number of Topliss-reactive ketones (excluding diaryl/α,β-unsaturated/α-hetero) is 1. The Kier molecular flexibility index (Phi) is 4.36. The van der Waals surface area contributed by atoms with Crippen molar-refractivity contribution in [1.29, 1.82) is 0 Å². The largest absolute Gasteiger partial charge is 0.311 e. The third-order valence-electron chi connectivity index (χ3n) is 1.53. The van der Waals surface area contributed by atoms with Gasteiger partial charge in [0.2, 0.25) is 10.0 Å². The highest BCUT2D eigenvalue weighted by atomic mass is 32.2. The molecule has 0 rings (SSSR count). The average Bonchev–Trinajstić information content (AvgIpc) is 1.85. The van der Waals surface area contributed by atoms with E-state index in [2.05, 4.69) is 5.32 Å². The van der Waals surface area contributed by atoms with Crippen LogP contribution >= 0.6 is 0 Å². The standard InChI is InChI=1S/C6H14N2O3S/c1-5(9)6(8-2)3-4-12(7,10)11/h6,8H,3-4H2,1-2H3,(H2,7,10,11). The van der Waals surface area contributed by atoms with Crippen LogP contribution in [0.2, 0.25) is 0 Å². The minimum atomic E-state index is -3.46. The Balaban J connectivity index is 3.98. The molecule has 72 valence electrons. The van der Waals surface area contributed by atoms with Crippen LogP contribution in [-0.2, 0) is 14.8 Å². The third-order valence-corrected chi connectivity index (χ3v) is 2.33. The fourth-order valence-electron chi connectivity index (χ4n) is 0.833. The van der Waals surface area contributed by atoms with Crippen molar-refractivity contribution in [2.45, 2.75) is 19.4 Å². The van der Waals surface area contributed by atoms with Crippen LogP contribution in [0.1, 0.15) is 13.3 Å². The highest BCUT2D eigenvalue weighted by molar-refractivity contribution is 7.89. The van der Waals surface area contributed by atoms with Crippen molar-refractivity contribution >= 4 is 15.8 Å². The van der Waals surface area contributed by atoms with Crippen LogP contribution in [0.5, 0.6) is 0 Å². The van der Waals surface area contributed by atoms with Crippen LogP contribution in [0, 0.1) is 0 Å². The Morgan fingerprint density at radius 1 is 1.58 bits per heavy atom. The van der Waals surface area contributed by atoms with E-state index in [0.29, 0.717) is 0 Å². The summed E-state index contributed by atoms with van der Waals surface area (Å²) in [6, 6.07) is -0.414. The molecule has 1 unspecified atom stereocenters. The molecular weight excluding hydrogens is 180 g/mol. The molecule has 0 spiro atoms. The van der Waals surface area contributed by atoms with E-state index >= 15 is 0 Å². The summed E-state index contributed by atoms with van der Waals surface area (Å²) in [5.41, 5.74) is 0. The van der Waals surface area contributed by atoms with Crippen LogP contribution in [0.15, 0.2) is 0 Å². The monoisotopic (exact) mass is 194 g/mol. The second-order valence-corrected chi connectivity index (χ2v) is 4.34. The Morgan fingerprint density at radius 3 is 2.33 bits per heavy atom. The summed E-state index contributed by atoms with van der Waals surface area (Å²) in [6.45, 7) is 1.41. The van der Waals surface area contributed by atoms with Crippen molar-refractivity contribution in [3.05, 3.63) is 0 Å². The Labute approximate surface area is 72.4 Å². The molecule has 1 atom stereocenters. The van der Waals surface area contributed by atoms with Gasteiger partial charge in [-0.2, -0.15) is 0 Å². The molecule has 0 aromatic carbocycles. The second-order valence-electron chi connectivity index (χ2n) is 2.61. The first-order chi connectivity index (χ1) is 5.37. The van der Waals surface area contributed by atoms with E-state index in [-0.39, 0.29) is 18.0 Å². The van der Waals surface area contributed by atoms with E-state index in [1.807, 2.05) is 0 Å². The lowest BCUT2D eigenvalue weighted by molar-refractivity contribution is -0.118. The van der Waals surface area contributed by atoms with E-state index in [9.17, 15) is 13.2 Å². The minimum Gasteiger partial charge on any atom is -0.311 e. The summed E-state index contributed by atoms with van der Waals surface area (Å²) in [7, 11) is -1.85. The van der Waals surface area contributed by atoms with E-state index < -0.39 is 16.1 Å². The van der Waals surface area contributed by atoms with Crippen LogP contribution in [0.3, 0.4) is 0 Å². The topological polar surface area (TPSA) is 89.3 Å². The Hall–Kier alpha value is -0.460. The smallest absolute Gasteiger partial charge is 0.209 e. The zero-order valence-corrected chi connectivity index (χ0v) is 8.02. The van der Waals surface area contributed by atoms with Crippen molar-refractivity contribution < 1.29 is 13.2 Å². The number of ketones is 1. The maximum Gasteiger partial charge on any atom is 0.209 e. The van der Waals surface area contributed by atoms with Gasteiger partial charge in [-0.25, -0.2) is 13.6 Å². The summed E-state index contributed by atoms with van der Waals surface area (Å²) < 4.78 is 21.0. The third kappa shape index (κ3) is 5.22. The van der Waals surface area contributed by atoms with Crippen LogP contribution < -0.4 is 10.5 Å². The minimum absolute atomic E-state index is 0.0823. The highest BCUT2D eigenvalue weighted by Crippen LogP contribution is 1.95. The fourth-order valence-corrected chi connectivity index (χ4v) is 1.40. The molecule has 0 aliphatic carbocycles. The molecule has 0 radical (unpaired) electrons. The maximum absolute atomic E-state index is 10.8. The Bertz CT molecular complexity index is 248. The quantitative estimate of drug-likeness (QED) is 0.578. The van der Waals surface area contributed by atoms with Gasteiger partial charge in [0.25, 0.3) is 0 Å². The summed E-state index contributed by atoms with van der Waals surface area (Å²) in [5.74, 6) is -0.251. The van der Waals surface area contributed by atoms with Gasteiger partial charge in [-0.1, -0.05) is 0 Å². The van der Waals surface area contributed by atoms with E-state index in [1.165, 1.54) is 6.92 Å². The number of nitrogens with two attached hydrogens (primary N) is 1. The lowest BCUT2D eigenvalue weighted by Gasteiger charge is -2.10. The van der Waals surface area contributed by atoms with E-state index in [4.69, 9.17) is 5.14 Å². The number of nitrogens with one attached hydrogen (secondary N) is 1. The van der Waals surface area contributed by atoms with Gasteiger partial charge in [0.1, 0.15) is 5.78 Å². The molecule has 0 aliphatic rings. The molecule has 0 saturated carbocycles. The molecule has 0 aromatic heterocycles. The van der Waals surface area contributed by atoms with Crippen molar-refractivity contribution in [2.75, 3.05) is 12.8 Å². The number of sulfonamides is 1. The first-order valence-electron chi connectivity index (χ1n) is 3.55. The molecule has 0 saturated heterocycles. The van der Waals surface area contributed by atoms with Gasteiger partial charge in [-0.05, 0) is 20.4 Å². The van der Waals surface area contributed by atoms with Gasteiger partial charge < -0.3 is 5.32 Å². The van der Waals surface area contributed by atoms with Gasteiger partial charge >= 0.3 is 0 Å². The number of carbonyl (C=O) groups excluding carboxylic acids is 1. The van der Waals surface area contributed by atoms with Crippen molar-refractivity contribution in [3.63, 3.8) is 0 Å². The molecule has 0 heterocycles. The zero-order valence-electron chi connectivity index (χ0n) is 7.20. The van der Waals surface area contributed by atoms with Crippen LogP contribution in [0.25, 0.3) is 0 Å². The van der Waals surface area contributed by atoms with Gasteiger partial charge in [0.15, 0.2) is 0 Å². The second kappa shape index (κ2) is 4.54. The van der Waals surface area contributed by atoms with Crippen molar-refractivity contribution in [1.82, 2.24) is 5.32 Å². The summed E-state index contributed by atoms with van der Waals surface area (Å²) in [5, 5.41) is 7.48. The molecule has 6 heteroatoms. The van der Waals surface area contributed by atoms with E-state index in [0.717, 1.165) is 0 Å². The summed E-state index contributed by atoms with van der Waals surface area (Å²) >= 11 is 0. The number of likely N-dealkylation sites (N-methyl/N-ethyl adjacent to an activating group) is 1. The molecule has 0 aromatic rings. The maximum atomic E-state index is 10.8. The zero-order chi connectivity index (χ0) is 9.78. The van der Waals surface area contributed by atoms with Crippen molar-refractivity contribution in [3.8, 4) is 0 Å². The summed E-state index contributed by atoms with van der Waals surface area (Å²) in [4.78, 5) is 10.8. The lowest BCUT2D eigenvalue weighted by Crippen LogP contribution is -2.35. The van der Waals surface area contributed by atoms with Crippen molar-refractivity contribution in [2.24, 2.45) is 5.14 Å². The molecular formula is C6H14N2O3S. The SMILES string of the molecule is CNC(CCS(N)(=O)=O)C(C)=O. The molecule has 0 amide bonds. The fraction of sp³-hybridized carbons (Fsp3) is 0.833. The molecule has 5 nitrogen and oxygen atoms in total. The lowest BCUT2D eigenvalue weighted by atomic mass is 10.1. The first kappa shape index (κ1) is 11.5. The molecule has 3 N–H and O–H groups in total. The van der Waals surface area contributed by atoms with Gasteiger partial charge in [0, 0.05) is 0 Å². The number of primary sulfonamides is 1. The Morgan fingerprint density at radius 2 is 2.08 bits per heavy atom. The normalized spacial score (nSPS) is 14.2. The van der Waals surface area contributed by atoms with Gasteiger partial charge in [-0.3, -0.25) is 4.79 Å². The molecule has 0 bridgehead atoms. The molecule has 0 fully saturated rings. The van der Waals surface area contributed by atoms with Gasteiger partial charge in [0.05, 0.1) is 11.8 Å². The predicted octanol–water partition coefficient (Wildman–Crippen LogP) is -1.16. The summed E-state index contributed by atoms with van der Waals surface area (Å²) in [6.07, 6.45) is 0.227. The van der Waals surface area contributed by atoms with Crippen LogP contribution in [-0.4, -0.2) is 33.0 Å². The number of rotatable bonds is 5. The first-order valence-corrected chi connectivity index (χ1v) is 5.26. The number of hydrogen-bond acceptors (Lipinski definition) is 4. The number of hydrogen-bond donors (Lipinski definition) is 2. The van der Waals surface area contributed by atoms with E-state index in [1.54, 1.807) is 7.05 Å².